The molecular formula is C31H31F3N2O4. The monoisotopic (exact) mass is 552 g/mol. The summed E-state index contributed by atoms with van der Waals surface area (Å²) in [7, 11) is 1.55. The smallest absolute Gasteiger partial charge is 0.389 e. The van der Waals surface area contributed by atoms with Gasteiger partial charge in [-0.3, -0.25) is 9.59 Å². The third-order valence-corrected chi connectivity index (χ3v) is 6.79. The normalized spacial score (nSPS) is 17.3. The lowest BCUT2D eigenvalue weighted by Gasteiger charge is -2.37. The minimum atomic E-state index is -4.21. The Hall–Kier alpha value is -4.27. The number of rotatable bonds is 9. The van der Waals surface area contributed by atoms with Crippen molar-refractivity contribution in [3.05, 3.63) is 95.1 Å². The molecule has 1 heterocycles. The number of nitrogens with one attached hydrogen (secondary N) is 2. The largest absolute Gasteiger partial charge is 0.497 e. The minimum Gasteiger partial charge on any atom is -0.497 e. The summed E-state index contributed by atoms with van der Waals surface area (Å²) >= 11 is 0. The molecule has 3 aromatic carbocycles. The van der Waals surface area contributed by atoms with E-state index in [0.29, 0.717) is 29.2 Å². The van der Waals surface area contributed by atoms with Crippen LogP contribution in [0.3, 0.4) is 0 Å². The molecule has 0 aliphatic carbocycles. The maximum Gasteiger partial charge on any atom is 0.389 e. The lowest BCUT2D eigenvalue weighted by Crippen LogP contribution is -2.49. The van der Waals surface area contributed by atoms with Crippen LogP contribution in [-0.2, 0) is 15.1 Å². The number of hydrogen-bond donors (Lipinski definition) is 2. The molecule has 0 fully saturated rings. The van der Waals surface area contributed by atoms with E-state index in [-0.39, 0.29) is 18.6 Å². The fraction of sp³-hybridized carbons (Fsp3) is 0.290. The van der Waals surface area contributed by atoms with E-state index in [2.05, 4.69) is 10.6 Å². The van der Waals surface area contributed by atoms with Crippen LogP contribution >= 0.6 is 0 Å². The van der Waals surface area contributed by atoms with Crippen LogP contribution in [0, 0.1) is 6.92 Å². The zero-order valence-electron chi connectivity index (χ0n) is 22.5. The van der Waals surface area contributed by atoms with Crippen molar-refractivity contribution in [2.45, 2.75) is 44.8 Å². The highest BCUT2D eigenvalue weighted by Gasteiger charge is 2.40. The molecule has 3 aromatic rings. The second-order valence-electron chi connectivity index (χ2n) is 9.96. The molecule has 0 spiro atoms. The van der Waals surface area contributed by atoms with Crippen LogP contribution < -0.4 is 20.1 Å². The third kappa shape index (κ3) is 7.02. The number of anilines is 1. The molecular weight excluding hydrogens is 521 g/mol. The average molecular weight is 553 g/mol. The Morgan fingerprint density at radius 2 is 1.60 bits per heavy atom. The molecule has 2 amide bonds. The van der Waals surface area contributed by atoms with Gasteiger partial charge in [0.15, 0.2) is 0 Å². The van der Waals surface area contributed by atoms with Gasteiger partial charge in [0.25, 0.3) is 11.8 Å². The highest BCUT2D eigenvalue weighted by molar-refractivity contribution is 6.28. The Bertz CT molecular complexity index is 1380. The number of halogens is 3. The number of amides is 2. The maximum atomic E-state index is 13.5. The van der Waals surface area contributed by atoms with E-state index < -0.39 is 30.0 Å². The zero-order valence-corrected chi connectivity index (χ0v) is 22.5. The molecule has 0 saturated heterocycles. The van der Waals surface area contributed by atoms with E-state index in [4.69, 9.17) is 9.47 Å². The van der Waals surface area contributed by atoms with Gasteiger partial charge in [-0.1, -0.05) is 42.0 Å². The molecule has 1 aliphatic rings. The first-order chi connectivity index (χ1) is 19.0. The van der Waals surface area contributed by atoms with Crippen molar-refractivity contribution < 1.29 is 32.2 Å². The van der Waals surface area contributed by atoms with E-state index in [1.54, 1.807) is 55.6 Å². The summed E-state index contributed by atoms with van der Waals surface area (Å²) in [6.45, 7) is 3.77. The number of benzene rings is 3. The molecule has 4 rings (SSSR count). The lowest BCUT2D eigenvalue weighted by atomic mass is 9.78. The molecule has 0 aromatic heterocycles. The molecule has 1 aliphatic heterocycles. The predicted octanol–water partition coefficient (Wildman–Crippen LogP) is 6.55. The van der Waals surface area contributed by atoms with Gasteiger partial charge in [-0.05, 0) is 73.4 Å². The van der Waals surface area contributed by atoms with Crippen LogP contribution in [0.2, 0.25) is 0 Å². The molecule has 9 heteroatoms. The van der Waals surface area contributed by atoms with Crippen molar-refractivity contribution in [2.75, 3.05) is 19.0 Å². The van der Waals surface area contributed by atoms with Crippen molar-refractivity contribution in [1.29, 1.82) is 0 Å². The number of hydrogen-bond acceptors (Lipinski definition) is 4. The van der Waals surface area contributed by atoms with E-state index in [1.807, 2.05) is 38.1 Å². The fourth-order valence-electron chi connectivity index (χ4n) is 4.60. The summed E-state index contributed by atoms with van der Waals surface area (Å²) in [5, 5.41) is 5.81. The van der Waals surface area contributed by atoms with Gasteiger partial charge < -0.3 is 20.1 Å². The molecule has 0 radical (unpaired) electrons. The van der Waals surface area contributed by atoms with Gasteiger partial charge in [0.05, 0.1) is 19.3 Å². The lowest BCUT2D eigenvalue weighted by molar-refractivity contribution is -0.136. The number of carbonyl (C=O) groups excluding carboxylic acids is 2. The van der Waals surface area contributed by atoms with Crippen molar-refractivity contribution in [3.8, 4) is 11.5 Å². The van der Waals surface area contributed by atoms with Gasteiger partial charge in [0, 0.05) is 18.5 Å². The van der Waals surface area contributed by atoms with Crippen molar-refractivity contribution in [3.63, 3.8) is 0 Å². The van der Waals surface area contributed by atoms with Gasteiger partial charge >= 0.3 is 6.18 Å². The molecule has 0 unspecified atom stereocenters. The third-order valence-electron chi connectivity index (χ3n) is 6.79. The van der Waals surface area contributed by atoms with Crippen LogP contribution in [0.1, 0.15) is 42.9 Å². The summed E-state index contributed by atoms with van der Waals surface area (Å²) < 4.78 is 47.8. The van der Waals surface area contributed by atoms with Crippen LogP contribution in [0.15, 0.2) is 78.4 Å². The summed E-state index contributed by atoms with van der Waals surface area (Å²) in [4.78, 5) is 26.9. The molecule has 0 saturated carbocycles. The maximum absolute atomic E-state index is 13.5. The Labute approximate surface area is 231 Å². The number of alkyl halides is 3. The summed E-state index contributed by atoms with van der Waals surface area (Å²) in [6.07, 6.45) is -4.92. The highest BCUT2D eigenvalue weighted by atomic mass is 19.4. The van der Waals surface area contributed by atoms with Crippen LogP contribution in [0.5, 0.6) is 11.5 Å². The zero-order chi connectivity index (χ0) is 28.9. The first-order valence-corrected chi connectivity index (χ1v) is 12.9. The molecule has 0 bridgehead atoms. The van der Waals surface area contributed by atoms with Crippen molar-refractivity contribution >= 4 is 23.1 Å². The average Bonchev–Trinajstić information content (AvgIpc) is 2.91. The Morgan fingerprint density at radius 3 is 2.20 bits per heavy atom. The molecule has 210 valence electrons. The second kappa shape index (κ2) is 11.9. The van der Waals surface area contributed by atoms with Crippen LogP contribution in [-0.4, -0.2) is 31.7 Å². The second-order valence-corrected chi connectivity index (χ2v) is 9.96. The van der Waals surface area contributed by atoms with Gasteiger partial charge in [0.2, 0.25) is 0 Å². The predicted molar refractivity (Wildman–Crippen MR) is 147 cm³/mol. The standard InChI is InChI=1S/C31H31F3N2O4/c1-20-5-7-21(8-6-20)26-19-30(2,22-9-13-25(14-10-22)40-18-4-17-31(32,33)34)36-29(38)27(26)28(37)35-23-11-15-24(39-3)16-12-23/h5-16H,4,17-19H2,1-3H3,(H,35,37)(H,36,38)/t30-/m1/s1. The van der Waals surface area contributed by atoms with Crippen molar-refractivity contribution in [2.24, 2.45) is 0 Å². The Morgan fingerprint density at radius 1 is 0.975 bits per heavy atom. The van der Waals surface area contributed by atoms with Gasteiger partial charge in [-0.25, -0.2) is 0 Å². The Balaban J connectivity index is 1.59. The quantitative estimate of drug-likeness (QED) is 0.233. The molecule has 6 nitrogen and oxygen atoms in total. The Kier molecular flexibility index (Phi) is 8.52. The first-order valence-electron chi connectivity index (χ1n) is 12.9. The van der Waals surface area contributed by atoms with E-state index >= 15 is 0 Å². The number of aryl methyl sites for hydroxylation is 1. The number of methoxy groups -OCH3 is 1. The van der Waals surface area contributed by atoms with Gasteiger partial charge in [0.1, 0.15) is 17.1 Å². The van der Waals surface area contributed by atoms with E-state index in [0.717, 1.165) is 16.7 Å². The van der Waals surface area contributed by atoms with E-state index in [1.165, 1.54) is 0 Å². The molecule has 2 N–H and O–H groups in total. The first kappa shape index (κ1) is 28.7. The number of ether oxygens (including phenoxy) is 2. The van der Waals surface area contributed by atoms with Crippen LogP contribution in [0.25, 0.3) is 5.57 Å². The van der Waals surface area contributed by atoms with Crippen molar-refractivity contribution in [1.82, 2.24) is 5.32 Å². The topological polar surface area (TPSA) is 76.7 Å². The fourth-order valence-corrected chi connectivity index (χ4v) is 4.60. The summed E-state index contributed by atoms with van der Waals surface area (Å²) in [5.74, 6) is 0.0395. The number of carbonyl (C=O) groups is 2. The van der Waals surface area contributed by atoms with Crippen LogP contribution in [0.4, 0.5) is 18.9 Å². The molecule has 40 heavy (non-hydrogen) atoms. The molecule has 1 atom stereocenters. The van der Waals surface area contributed by atoms with Gasteiger partial charge in [-0.2, -0.15) is 13.2 Å². The minimum absolute atomic E-state index is 0.0294. The van der Waals surface area contributed by atoms with Gasteiger partial charge in [-0.15, -0.1) is 0 Å². The summed E-state index contributed by atoms with van der Waals surface area (Å²) in [6, 6.07) is 21.3. The van der Waals surface area contributed by atoms with E-state index in [9.17, 15) is 22.8 Å². The summed E-state index contributed by atoms with van der Waals surface area (Å²) in [5.41, 5.74) is 2.87. The highest BCUT2D eigenvalue weighted by Crippen LogP contribution is 2.39. The SMILES string of the molecule is COc1ccc(NC(=O)C2=C(c3ccc(C)cc3)C[C@](C)(c3ccc(OCCCC(F)(F)F)cc3)NC2=O)cc1.